The van der Waals surface area contributed by atoms with Crippen molar-refractivity contribution < 1.29 is 5.11 Å². The number of aliphatic hydroxyl groups excluding tert-OH is 1. The molecule has 1 aromatic rings. The second-order valence-corrected chi connectivity index (χ2v) is 4.63. The van der Waals surface area contributed by atoms with Crippen LogP contribution in [-0.4, -0.2) is 41.2 Å². The summed E-state index contributed by atoms with van der Waals surface area (Å²) in [6, 6.07) is 4.01. The molecule has 4 nitrogen and oxygen atoms in total. The predicted molar refractivity (Wildman–Crippen MR) is 66.4 cm³/mol. The minimum absolute atomic E-state index is 0.146. The highest BCUT2D eigenvalue weighted by Gasteiger charge is 2.22. The van der Waals surface area contributed by atoms with E-state index in [-0.39, 0.29) is 12.1 Å². The van der Waals surface area contributed by atoms with E-state index in [2.05, 4.69) is 15.2 Å². The Hall–Kier alpha value is -1.13. The zero-order valence-corrected chi connectivity index (χ0v) is 10.5. The molecule has 0 aliphatic heterocycles. The Morgan fingerprint density at radius 1 is 1.50 bits per heavy atom. The van der Waals surface area contributed by atoms with Gasteiger partial charge < -0.3 is 10.4 Å². The van der Waals surface area contributed by atoms with Gasteiger partial charge in [-0.15, -0.1) is 0 Å². The number of aliphatic hydroxyl groups is 1. The van der Waals surface area contributed by atoms with Crippen LogP contribution in [0.25, 0.3) is 0 Å². The third-order valence-corrected chi connectivity index (χ3v) is 2.92. The molecule has 0 aromatic carbocycles. The highest BCUT2D eigenvalue weighted by Crippen LogP contribution is 2.16. The van der Waals surface area contributed by atoms with Gasteiger partial charge in [-0.2, -0.15) is 0 Å². The topological polar surface area (TPSA) is 48.4 Å². The number of hydrogen-bond acceptors (Lipinski definition) is 4. The highest BCUT2D eigenvalue weighted by molar-refractivity contribution is 5.36. The number of nitrogens with zero attached hydrogens (tertiary/aromatic N) is 2. The summed E-state index contributed by atoms with van der Waals surface area (Å²) in [5, 5.41) is 12.3. The van der Waals surface area contributed by atoms with Crippen molar-refractivity contribution >= 4 is 5.82 Å². The molecule has 0 fully saturated rings. The number of hydrogen-bond donors (Lipinski definition) is 2. The van der Waals surface area contributed by atoms with E-state index in [0.29, 0.717) is 0 Å². The summed E-state index contributed by atoms with van der Waals surface area (Å²) in [7, 11) is 3.86. The van der Waals surface area contributed by atoms with Crippen LogP contribution in [0.15, 0.2) is 18.3 Å². The third-order valence-electron chi connectivity index (χ3n) is 2.92. The zero-order chi connectivity index (χ0) is 12.2. The van der Waals surface area contributed by atoms with Gasteiger partial charge in [-0.05, 0) is 38.6 Å². The van der Waals surface area contributed by atoms with Crippen molar-refractivity contribution in [2.24, 2.45) is 0 Å². The van der Waals surface area contributed by atoms with Crippen molar-refractivity contribution in [3.05, 3.63) is 23.9 Å². The molecular formula is C12H21N3O. The molecule has 0 aliphatic rings. The molecule has 2 N–H and O–H groups in total. The fourth-order valence-electron chi connectivity index (χ4n) is 1.32. The van der Waals surface area contributed by atoms with Crippen LogP contribution in [0.3, 0.4) is 0 Å². The molecule has 0 saturated heterocycles. The predicted octanol–water partition coefficient (Wildman–Crippen LogP) is 1.33. The monoisotopic (exact) mass is 223 g/mol. The zero-order valence-electron chi connectivity index (χ0n) is 10.5. The first-order chi connectivity index (χ1) is 7.49. The number of anilines is 1. The Morgan fingerprint density at radius 2 is 2.19 bits per heavy atom. The van der Waals surface area contributed by atoms with Gasteiger partial charge in [0, 0.05) is 25.3 Å². The van der Waals surface area contributed by atoms with E-state index in [1.54, 1.807) is 6.20 Å². The van der Waals surface area contributed by atoms with Crippen molar-refractivity contribution in [1.29, 1.82) is 0 Å². The second kappa shape index (κ2) is 5.27. The van der Waals surface area contributed by atoms with E-state index in [1.807, 2.05) is 40.1 Å². The van der Waals surface area contributed by atoms with E-state index in [1.165, 1.54) is 5.56 Å². The van der Waals surface area contributed by atoms with Gasteiger partial charge >= 0.3 is 0 Å². The minimum Gasteiger partial charge on any atom is -0.394 e. The van der Waals surface area contributed by atoms with Crippen molar-refractivity contribution in [3.8, 4) is 0 Å². The summed E-state index contributed by atoms with van der Waals surface area (Å²) in [5.41, 5.74) is 0.978. The number of pyridine rings is 1. The van der Waals surface area contributed by atoms with Crippen molar-refractivity contribution in [2.45, 2.75) is 25.9 Å². The van der Waals surface area contributed by atoms with Crippen LogP contribution in [0.1, 0.15) is 19.4 Å². The molecule has 4 heteroatoms. The molecule has 0 radical (unpaired) electrons. The molecule has 1 heterocycles. The van der Waals surface area contributed by atoms with Gasteiger partial charge in [0.1, 0.15) is 5.82 Å². The molecule has 0 saturated carbocycles. The van der Waals surface area contributed by atoms with Crippen LogP contribution in [0.4, 0.5) is 5.82 Å². The summed E-state index contributed by atoms with van der Waals surface area (Å²) in [4.78, 5) is 6.30. The van der Waals surface area contributed by atoms with Crippen LogP contribution in [0.2, 0.25) is 0 Å². The summed E-state index contributed by atoms with van der Waals surface area (Å²) in [6.07, 6.45) is 1.79. The molecule has 1 rings (SSSR count). The van der Waals surface area contributed by atoms with Gasteiger partial charge in [0.15, 0.2) is 0 Å². The van der Waals surface area contributed by atoms with Crippen LogP contribution in [-0.2, 0) is 6.54 Å². The van der Waals surface area contributed by atoms with Gasteiger partial charge in [-0.1, -0.05) is 0 Å². The molecule has 0 bridgehead atoms. The fraction of sp³-hybridized carbons (Fsp3) is 0.583. The average molecular weight is 223 g/mol. The van der Waals surface area contributed by atoms with Gasteiger partial charge in [-0.3, -0.25) is 4.90 Å². The van der Waals surface area contributed by atoms with Crippen molar-refractivity contribution in [3.63, 3.8) is 0 Å². The number of aromatic nitrogens is 1. The lowest BCUT2D eigenvalue weighted by atomic mass is 10.0. The quantitative estimate of drug-likeness (QED) is 0.790. The standard InChI is InChI=1S/C12H21N3O/c1-12(2,9-16)15(4)8-10-5-6-14-11(7-10)13-3/h5-7,16H,8-9H2,1-4H3,(H,13,14). The van der Waals surface area contributed by atoms with Crippen LogP contribution >= 0.6 is 0 Å². The van der Waals surface area contributed by atoms with Crippen molar-refractivity contribution in [1.82, 2.24) is 9.88 Å². The van der Waals surface area contributed by atoms with Gasteiger partial charge in [-0.25, -0.2) is 4.98 Å². The number of likely N-dealkylation sites (N-methyl/N-ethyl adjacent to an activating group) is 1. The molecule has 0 unspecified atom stereocenters. The molecular weight excluding hydrogens is 202 g/mol. The van der Waals surface area contributed by atoms with Crippen LogP contribution in [0.5, 0.6) is 0 Å². The Kier molecular flexibility index (Phi) is 4.26. The molecule has 0 spiro atoms. The van der Waals surface area contributed by atoms with E-state index in [4.69, 9.17) is 0 Å². The maximum absolute atomic E-state index is 9.28. The summed E-state index contributed by atoms with van der Waals surface area (Å²) in [5.74, 6) is 0.868. The lowest BCUT2D eigenvalue weighted by molar-refractivity contribution is 0.0734. The average Bonchev–Trinajstić information content (AvgIpc) is 2.29. The molecule has 90 valence electrons. The minimum atomic E-state index is -0.205. The van der Waals surface area contributed by atoms with E-state index in [0.717, 1.165) is 12.4 Å². The Labute approximate surface area is 97.3 Å². The maximum atomic E-state index is 9.28. The molecule has 0 atom stereocenters. The largest absolute Gasteiger partial charge is 0.394 e. The molecule has 16 heavy (non-hydrogen) atoms. The summed E-state index contributed by atoms with van der Waals surface area (Å²) >= 11 is 0. The Bertz CT molecular complexity index is 339. The lowest BCUT2D eigenvalue weighted by Gasteiger charge is -2.33. The first kappa shape index (κ1) is 12.9. The first-order valence-electron chi connectivity index (χ1n) is 5.44. The fourth-order valence-corrected chi connectivity index (χ4v) is 1.32. The SMILES string of the molecule is CNc1cc(CN(C)C(C)(C)CO)ccn1. The number of nitrogens with one attached hydrogen (secondary N) is 1. The molecule has 0 aliphatic carbocycles. The van der Waals surface area contributed by atoms with Crippen LogP contribution < -0.4 is 5.32 Å². The second-order valence-electron chi connectivity index (χ2n) is 4.63. The van der Waals surface area contributed by atoms with E-state index >= 15 is 0 Å². The highest BCUT2D eigenvalue weighted by atomic mass is 16.3. The third kappa shape index (κ3) is 3.18. The normalized spacial score (nSPS) is 11.9. The van der Waals surface area contributed by atoms with Gasteiger partial charge in [0.25, 0.3) is 0 Å². The lowest BCUT2D eigenvalue weighted by Crippen LogP contribution is -2.43. The van der Waals surface area contributed by atoms with Gasteiger partial charge in [0.2, 0.25) is 0 Å². The Morgan fingerprint density at radius 3 is 2.75 bits per heavy atom. The smallest absolute Gasteiger partial charge is 0.125 e. The number of rotatable bonds is 5. The maximum Gasteiger partial charge on any atom is 0.125 e. The van der Waals surface area contributed by atoms with Crippen molar-refractivity contribution in [2.75, 3.05) is 26.0 Å². The van der Waals surface area contributed by atoms with E-state index < -0.39 is 0 Å². The van der Waals surface area contributed by atoms with Crippen LogP contribution in [0, 0.1) is 0 Å². The summed E-state index contributed by atoms with van der Waals surface area (Å²) in [6.45, 7) is 4.98. The summed E-state index contributed by atoms with van der Waals surface area (Å²) < 4.78 is 0. The molecule has 0 amide bonds. The van der Waals surface area contributed by atoms with E-state index in [9.17, 15) is 5.11 Å². The Balaban J connectivity index is 2.72. The first-order valence-corrected chi connectivity index (χ1v) is 5.44. The molecule has 1 aromatic heterocycles. The van der Waals surface area contributed by atoms with Gasteiger partial charge in [0.05, 0.1) is 6.61 Å².